The molecule has 0 atom stereocenters. The fourth-order valence-corrected chi connectivity index (χ4v) is 1.91. The molecule has 0 unspecified atom stereocenters. The summed E-state index contributed by atoms with van der Waals surface area (Å²) in [6.45, 7) is 2.37. The van der Waals surface area contributed by atoms with E-state index in [2.05, 4.69) is 41.2 Å². The molecule has 0 saturated carbocycles. The molecule has 0 spiro atoms. The Hall–Kier alpha value is -1.78. The lowest BCUT2D eigenvalue weighted by Gasteiger charge is -2.01. The average molecular weight is 260 g/mol. The topological polar surface area (TPSA) is 37.2 Å². The van der Waals surface area contributed by atoms with Gasteiger partial charge in [0.1, 0.15) is 13.2 Å². The van der Waals surface area contributed by atoms with Crippen LogP contribution in [0.4, 0.5) is 0 Å². The van der Waals surface area contributed by atoms with E-state index in [4.69, 9.17) is 9.84 Å². The van der Waals surface area contributed by atoms with Crippen molar-refractivity contribution in [3.63, 3.8) is 0 Å². The van der Waals surface area contributed by atoms with Crippen molar-refractivity contribution in [3.05, 3.63) is 49.1 Å². The molecule has 0 fully saturated rings. The number of aromatic nitrogens is 2. The van der Waals surface area contributed by atoms with Crippen molar-refractivity contribution in [2.75, 3.05) is 20.3 Å². The van der Waals surface area contributed by atoms with Gasteiger partial charge in [0.15, 0.2) is 37.9 Å². The van der Waals surface area contributed by atoms with Gasteiger partial charge >= 0.3 is 0 Å². The van der Waals surface area contributed by atoms with Crippen LogP contribution in [0.3, 0.4) is 0 Å². The third kappa shape index (κ3) is 3.84. The van der Waals surface area contributed by atoms with E-state index in [1.165, 1.54) is 11.1 Å². The Labute approximate surface area is 113 Å². The van der Waals surface area contributed by atoms with Crippen LogP contribution in [-0.4, -0.2) is 25.4 Å². The summed E-state index contributed by atoms with van der Waals surface area (Å²) >= 11 is 0. The van der Waals surface area contributed by atoms with Crippen molar-refractivity contribution in [1.29, 1.82) is 0 Å². The summed E-state index contributed by atoms with van der Waals surface area (Å²) in [6.07, 6.45) is 8.08. The maximum atomic E-state index is 8.87. The van der Waals surface area contributed by atoms with Gasteiger partial charge in [0, 0.05) is 31.4 Å². The average Bonchev–Trinajstić information content (AvgIpc) is 2.47. The zero-order valence-corrected chi connectivity index (χ0v) is 11.2. The van der Waals surface area contributed by atoms with Gasteiger partial charge in [-0.3, -0.25) is 0 Å². The van der Waals surface area contributed by atoms with Gasteiger partial charge in [0.2, 0.25) is 0 Å². The Morgan fingerprint density at radius 1 is 0.895 bits per heavy atom. The van der Waals surface area contributed by atoms with Gasteiger partial charge in [-0.1, -0.05) is 0 Å². The van der Waals surface area contributed by atoms with Gasteiger partial charge in [-0.15, -0.1) is 0 Å². The number of aliphatic hydroxyl groups excluding tert-OH is 1. The maximum absolute atomic E-state index is 8.87. The summed E-state index contributed by atoms with van der Waals surface area (Å²) in [7, 11) is 1.71. The van der Waals surface area contributed by atoms with E-state index in [1.807, 2.05) is 17.0 Å². The van der Waals surface area contributed by atoms with E-state index < -0.39 is 0 Å². The second-order valence-corrected chi connectivity index (χ2v) is 4.37. The number of hydrogen-bond donors (Lipinski definition) is 1. The number of nitrogens with zero attached hydrogens (tertiary/aromatic N) is 2. The van der Waals surface area contributed by atoms with E-state index >= 15 is 0 Å². The minimum atomic E-state index is 0.162. The van der Waals surface area contributed by atoms with Crippen LogP contribution in [0.1, 0.15) is 0 Å². The number of ether oxygens (including phenoxy) is 1. The highest BCUT2D eigenvalue weighted by molar-refractivity contribution is 5.60. The molecule has 0 bridgehead atoms. The molecule has 2 heterocycles. The lowest BCUT2D eigenvalue weighted by atomic mass is 10.1. The van der Waals surface area contributed by atoms with Gasteiger partial charge in [0.25, 0.3) is 0 Å². The summed E-state index contributed by atoms with van der Waals surface area (Å²) in [5, 5.41) is 8.87. The summed E-state index contributed by atoms with van der Waals surface area (Å²) in [5.74, 6) is 0. The fraction of sp³-hybridized carbons (Fsp3) is 0.333. The molecule has 0 saturated heterocycles. The predicted molar refractivity (Wildman–Crippen MR) is 71.2 cm³/mol. The second-order valence-electron chi connectivity index (χ2n) is 4.37. The van der Waals surface area contributed by atoms with E-state index in [-0.39, 0.29) is 6.61 Å². The first-order valence-corrected chi connectivity index (χ1v) is 6.42. The molecule has 0 aliphatic heterocycles. The summed E-state index contributed by atoms with van der Waals surface area (Å²) in [5.41, 5.74) is 2.36. The van der Waals surface area contributed by atoms with Crippen molar-refractivity contribution < 1.29 is 19.0 Å². The Bertz CT molecular complexity index is 495. The molecular formula is C15H20N2O2+2. The molecule has 1 N–H and O–H groups in total. The fourth-order valence-electron chi connectivity index (χ4n) is 1.91. The Morgan fingerprint density at radius 3 is 1.79 bits per heavy atom. The standard InChI is InChI=1S/C15H20N2O2/c1-19-13-11-17-8-4-15(5-9-17)14-2-6-16(7-3-14)10-12-18/h2-9,18H,10-13H2,1H3/q+2. The number of aliphatic hydroxyl groups is 1. The second kappa shape index (κ2) is 6.97. The lowest BCUT2D eigenvalue weighted by Crippen LogP contribution is -2.35. The number of hydrogen-bond acceptors (Lipinski definition) is 2. The third-order valence-corrected chi connectivity index (χ3v) is 3.03. The highest BCUT2D eigenvalue weighted by atomic mass is 16.5. The van der Waals surface area contributed by atoms with Crippen LogP contribution in [0.25, 0.3) is 11.1 Å². The van der Waals surface area contributed by atoms with Crippen LogP contribution in [-0.2, 0) is 17.8 Å². The van der Waals surface area contributed by atoms with Crippen molar-refractivity contribution in [3.8, 4) is 11.1 Å². The quantitative estimate of drug-likeness (QED) is 0.771. The van der Waals surface area contributed by atoms with Gasteiger partial charge in [-0.05, 0) is 11.1 Å². The Kier molecular flexibility index (Phi) is 5.01. The summed E-state index contributed by atoms with van der Waals surface area (Å²) < 4.78 is 9.12. The molecule has 0 aliphatic carbocycles. The lowest BCUT2D eigenvalue weighted by molar-refractivity contribution is -0.698. The highest BCUT2D eigenvalue weighted by Gasteiger charge is 2.05. The number of rotatable bonds is 6. The molecule has 19 heavy (non-hydrogen) atoms. The maximum Gasteiger partial charge on any atom is 0.171 e. The summed E-state index contributed by atoms with van der Waals surface area (Å²) in [6, 6.07) is 8.32. The molecule has 4 heteroatoms. The minimum absolute atomic E-state index is 0.162. The molecule has 0 aromatic carbocycles. The molecule has 0 aliphatic rings. The zero-order chi connectivity index (χ0) is 13.5. The molecule has 2 rings (SSSR count). The van der Waals surface area contributed by atoms with Crippen molar-refractivity contribution in [2.24, 2.45) is 0 Å². The van der Waals surface area contributed by atoms with Gasteiger partial charge in [-0.25, -0.2) is 9.13 Å². The molecular weight excluding hydrogens is 240 g/mol. The minimum Gasteiger partial charge on any atom is -0.390 e. The summed E-state index contributed by atoms with van der Waals surface area (Å²) in [4.78, 5) is 0. The Balaban J connectivity index is 2.08. The monoisotopic (exact) mass is 260 g/mol. The van der Waals surface area contributed by atoms with Crippen LogP contribution in [0.2, 0.25) is 0 Å². The molecule has 2 aromatic heterocycles. The Morgan fingerprint density at radius 2 is 1.37 bits per heavy atom. The van der Waals surface area contributed by atoms with E-state index in [1.54, 1.807) is 7.11 Å². The first kappa shape index (κ1) is 13.6. The van der Waals surface area contributed by atoms with Gasteiger partial charge < -0.3 is 9.84 Å². The third-order valence-electron chi connectivity index (χ3n) is 3.03. The van der Waals surface area contributed by atoms with Crippen molar-refractivity contribution in [1.82, 2.24) is 0 Å². The SMILES string of the molecule is COCC[n+]1ccc(-c2cc[n+](CCO)cc2)cc1. The first-order valence-electron chi connectivity index (χ1n) is 6.42. The predicted octanol–water partition coefficient (Wildman–Crippen LogP) is 0.567. The van der Waals surface area contributed by atoms with Crippen LogP contribution in [0, 0.1) is 0 Å². The largest absolute Gasteiger partial charge is 0.390 e. The van der Waals surface area contributed by atoms with Gasteiger partial charge in [0.05, 0.1) is 0 Å². The highest BCUT2D eigenvalue weighted by Crippen LogP contribution is 2.15. The number of methoxy groups -OCH3 is 1. The van der Waals surface area contributed by atoms with E-state index in [9.17, 15) is 0 Å². The molecule has 0 amide bonds. The molecule has 100 valence electrons. The normalized spacial score (nSPS) is 10.6. The van der Waals surface area contributed by atoms with Crippen molar-refractivity contribution in [2.45, 2.75) is 13.1 Å². The van der Waals surface area contributed by atoms with E-state index in [0.29, 0.717) is 6.54 Å². The van der Waals surface area contributed by atoms with Crippen molar-refractivity contribution >= 4 is 0 Å². The van der Waals surface area contributed by atoms with Crippen LogP contribution < -0.4 is 9.13 Å². The molecule has 0 radical (unpaired) electrons. The molecule has 2 aromatic rings. The van der Waals surface area contributed by atoms with E-state index in [0.717, 1.165) is 13.2 Å². The van der Waals surface area contributed by atoms with Crippen LogP contribution in [0.15, 0.2) is 49.1 Å². The molecule has 4 nitrogen and oxygen atoms in total. The number of pyridine rings is 2. The van der Waals surface area contributed by atoms with Gasteiger partial charge in [-0.2, -0.15) is 0 Å². The smallest absolute Gasteiger partial charge is 0.171 e. The first-order chi connectivity index (χ1) is 9.33. The van der Waals surface area contributed by atoms with Crippen LogP contribution >= 0.6 is 0 Å². The zero-order valence-electron chi connectivity index (χ0n) is 11.2. The van der Waals surface area contributed by atoms with Crippen LogP contribution in [0.5, 0.6) is 0 Å².